The molecule has 0 spiro atoms. The first-order valence-corrected chi connectivity index (χ1v) is 37.2. The molecule has 421 valence electrons. The number of methoxy groups -OCH3 is 1. The van der Waals surface area contributed by atoms with Gasteiger partial charge in [-0.3, -0.25) is 0 Å². The fourth-order valence-corrected chi connectivity index (χ4v) is 9.57. The van der Waals surface area contributed by atoms with Crippen molar-refractivity contribution in [3.05, 3.63) is 122 Å². The molecule has 5 aromatic rings. The number of allylic oxidation sites excluding steroid dienone is 1. The van der Waals surface area contributed by atoms with E-state index in [1.807, 2.05) is 27.7 Å². The number of esters is 1. The van der Waals surface area contributed by atoms with Gasteiger partial charge in [-0.05, 0) is 174 Å². The zero-order valence-electron chi connectivity index (χ0n) is 46.6. The number of rotatable bonds is 3. The quantitative estimate of drug-likeness (QED) is 0.0521. The van der Waals surface area contributed by atoms with Gasteiger partial charge in [0.1, 0.15) is 11.3 Å². The molecule has 3 aliphatic carbocycles. The van der Waals surface area contributed by atoms with E-state index in [4.69, 9.17) is 21.7 Å². The van der Waals surface area contributed by atoms with E-state index in [0.29, 0.717) is 31.1 Å². The van der Waals surface area contributed by atoms with Crippen LogP contribution in [0, 0.1) is 119 Å². The van der Waals surface area contributed by atoms with Crippen molar-refractivity contribution in [2.45, 2.75) is 172 Å². The SMILES string of the molecule is C.C.C.C#CC#CC.CC#CC.COC(=O)C1=C(O)CCc2c(C)c(C)c(C)c(C)c21.C[C](=[W])Oc1[n-]nc2c1-c1c(C)c(C)c(C)c(C)c1CC2.Cc1c(C)c(C)c2c(c1C)CCc1[nH][n-]c(=O)c1-2.I[I-]I.[NH-]N.[Y].[Y].[Y]. The molecule has 8 rings (SSSR count). The minimum Gasteiger partial charge on any atom is -0.615 e. The van der Waals surface area contributed by atoms with Crippen molar-refractivity contribution >= 4 is 52.9 Å². The normalized spacial score (nSPS) is 10.8. The molecule has 0 bridgehead atoms. The summed E-state index contributed by atoms with van der Waals surface area (Å²) in [5.74, 6) is 21.8. The van der Waals surface area contributed by atoms with E-state index < -0.39 is 5.97 Å². The van der Waals surface area contributed by atoms with Crippen LogP contribution in [0.4, 0.5) is 0 Å². The zero-order valence-corrected chi connectivity index (χ0v) is 64.5. The molecule has 0 saturated carbocycles. The Morgan fingerprint density at radius 3 is 1.44 bits per heavy atom. The number of terminal acetylenes is 1. The van der Waals surface area contributed by atoms with E-state index in [0.717, 1.165) is 75.4 Å². The van der Waals surface area contributed by atoms with E-state index in [-0.39, 0.29) is 132 Å². The first-order chi connectivity index (χ1) is 34.1. The van der Waals surface area contributed by atoms with Gasteiger partial charge in [-0.2, -0.15) is 0 Å². The van der Waals surface area contributed by atoms with Crippen LogP contribution < -0.4 is 39.6 Å². The smallest absolute Gasteiger partial charge is 0 e. The van der Waals surface area contributed by atoms with E-state index in [2.05, 4.69) is 169 Å². The molecule has 0 aliphatic heterocycles. The van der Waals surface area contributed by atoms with Gasteiger partial charge in [-0.25, -0.2) is 4.79 Å². The van der Waals surface area contributed by atoms with Gasteiger partial charge >= 0.3 is 193 Å². The number of aliphatic hydroxyl groups is 1. The Morgan fingerprint density at radius 2 is 1.05 bits per heavy atom. The molecule has 18 heteroatoms. The number of nitrogens with one attached hydrogen (secondary N) is 2. The third-order valence-corrected chi connectivity index (χ3v) is 14.3. The number of hydrogen-bond acceptors (Lipinski definition) is 7. The molecule has 2 aromatic heterocycles. The molecule has 11 nitrogen and oxygen atoms in total. The van der Waals surface area contributed by atoms with Crippen LogP contribution in [0.5, 0.6) is 5.88 Å². The standard InChI is InChI=1S/C17H19N2O.C16H20O3.C15H18N2O.C5H4.C4H6.3CH4.I3.H3N2.W.3Y/c1-6-20-17-16-14(18-19-17)8-7-13-11(4)9(2)10(3)12(5)15(13)16;1-8-9(2)11(4)14-12(10(8)3)6-7-13(17)15(14)16(18)19-5;1-7-8(2)10(4)13-11(9(7)3)5-6-12-14(13)15(18)17-16-12;1-3-5-4-2;1-3-4-2;;;;1-3-2;1-2;;;;/h7-8H2,1-5H3;17H,6-7H2,1-5H3;5-6H2,1-4H3,(H2,16,17,18);1H,2H3;1-2H3;3*1H4;;1H,2H2;;;;/q-1;;;;;;;;2*-1;;;;/p-1. The molecule has 2 heterocycles. The van der Waals surface area contributed by atoms with E-state index in [9.17, 15) is 14.7 Å². The van der Waals surface area contributed by atoms with Gasteiger partial charge in [-0.1, -0.05) is 28.2 Å². The van der Waals surface area contributed by atoms with Crippen molar-refractivity contribution in [1.82, 2.24) is 20.4 Å². The molecule has 3 radical (unpaired) electrons. The number of aryl methyl sites for hydroxylation is 2. The van der Waals surface area contributed by atoms with Crippen molar-refractivity contribution in [1.29, 1.82) is 0 Å². The molecule has 3 aromatic carbocycles. The number of halogens is 3. The summed E-state index contributed by atoms with van der Waals surface area (Å²) in [7, 11) is 1.35. The number of benzene rings is 3. The van der Waals surface area contributed by atoms with Gasteiger partial charge in [0, 0.05) is 116 Å². The van der Waals surface area contributed by atoms with Crippen LogP contribution in [0.1, 0.15) is 157 Å². The van der Waals surface area contributed by atoms with Crippen LogP contribution in [0.2, 0.25) is 0 Å². The molecular weight excluding hydrogens is 1720 g/mol. The molecule has 0 fully saturated rings. The average Bonchev–Trinajstić information content (AvgIpc) is 3.97. The van der Waals surface area contributed by atoms with Crippen LogP contribution in [0.25, 0.3) is 33.7 Å². The minimum absolute atomic E-state index is 0. The molecule has 0 saturated heterocycles. The Bertz CT molecular complexity index is 3090. The number of hydrogen-bond donors (Lipinski definition) is 3. The van der Waals surface area contributed by atoms with Crippen LogP contribution in [-0.2, 0) is 159 Å². The molecule has 0 amide bonds. The monoisotopic (exact) mass is 1800 g/mol. The summed E-state index contributed by atoms with van der Waals surface area (Å²) < 4.78 is 11.7. The van der Waals surface area contributed by atoms with Gasteiger partial charge in [0.05, 0.1) is 12.7 Å². The summed E-state index contributed by atoms with van der Waals surface area (Å²) in [6.45, 7) is 33.0. The number of nitrogens with zero attached hydrogens (tertiary/aromatic N) is 3. The molecule has 78 heavy (non-hydrogen) atoms. The number of carbonyl (C=O) groups is 1. The molecule has 0 atom stereocenters. The van der Waals surface area contributed by atoms with Gasteiger partial charge < -0.3 is 36.5 Å². The number of H-pyrrole nitrogens is 1. The predicted octanol–water partition coefficient (Wildman–Crippen LogP) is 11.0. The predicted molar refractivity (Wildman–Crippen MR) is 326 cm³/mol. The van der Waals surface area contributed by atoms with Gasteiger partial charge in [0.2, 0.25) is 0 Å². The largest absolute Gasteiger partial charge is 0.615 e. The summed E-state index contributed by atoms with van der Waals surface area (Å²) in [5, 5.41) is 25.4. The second-order valence-electron chi connectivity index (χ2n) is 17.3. The fourth-order valence-electron chi connectivity index (χ4n) is 9.28. The maximum Gasteiger partial charge on any atom is 0 e. The maximum atomic E-state index is 12.0. The summed E-state index contributed by atoms with van der Waals surface area (Å²) in [6, 6.07) is 0. The third-order valence-electron chi connectivity index (χ3n) is 14.0. The number of aromatic nitrogens is 4. The summed E-state index contributed by atoms with van der Waals surface area (Å²) in [5.41, 5.74) is 27.0. The number of aromatic amines is 1. The third kappa shape index (κ3) is 20.8. The number of ether oxygens (including phenoxy) is 2. The topological polar surface area (TPSA) is 180 Å². The van der Waals surface area contributed by atoms with Crippen molar-refractivity contribution < 1.29 is 150 Å². The Kier molecular flexibility index (Phi) is 46.6. The van der Waals surface area contributed by atoms with Crippen molar-refractivity contribution in [3.8, 4) is 64.2 Å². The Morgan fingerprint density at radius 1 is 0.667 bits per heavy atom. The number of carbonyl (C=O) groups excluding carboxylic acids is 1. The van der Waals surface area contributed by atoms with Gasteiger partial charge in [0.25, 0.3) is 0 Å². The average molecular weight is 1800 g/mol. The van der Waals surface area contributed by atoms with Crippen LogP contribution >= 0.6 is 37.2 Å². The molecule has 5 N–H and O–H groups in total. The number of fused-ring (bicyclic) bond motifs is 7. The zero-order chi connectivity index (χ0) is 54.9. The van der Waals surface area contributed by atoms with E-state index in [1.165, 1.54) is 110 Å². The Balaban J connectivity index is -0.000000295. The molecule has 3 aliphatic rings. The van der Waals surface area contributed by atoms with Crippen LogP contribution in [0.15, 0.2) is 10.6 Å². The van der Waals surface area contributed by atoms with Crippen molar-refractivity contribution in [3.63, 3.8) is 0 Å². The van der Waals surface area contributed by atoms with E-state index in [1.54, 1.807) is 6.92 Å². The Hall–Kier alpha value is -0.650. The van der Waals surface area contributed by atoms with Crippen LogP contribution in [-0.4, -0.2) is 32.5 Å². The van der Waals surface area contributed by atoms with Crippen LogP contribution in [0.3, 0.4) is 0 Å². The molecular formula is C60H81I3N6O5WY3-4. The fraction of sp³-hybridized carbons (Fsp3) is 0.433. The minimum atomic E-state index is -0.454. The second-order valence-corrected chi connectivity index (χ2v) is 35.6. The first kappa shape index (κ1) is 86.1. The van der Waals surface area contributed by atoms with Gasteiger partial charge in [0.15, 0.2) is 0 Å². The Labute approximate surface area is 585 Å². The van der Waals surface area contributed by atoms with Crippen molar-refractivity contribution in [2.24, 2.45) is 5.84 Å². The number of nitrogens with two attached hydrogens (primary N) is 1. The number of aliphatic hydroxyl groups excluding tert-OH is 1. The summed E-state index contributed by atoms with van der Waals surface area (Å²) in [4.78, 5) is 23.9. The first-order valence-electron chi connectivity index (χ1n) is 23.2. The van der Waals surface area contributed by atoms with Crippen molar-refractivity contribution in [2.75, 3.05) is 7.11 Å². The summed E-state index contributed by atoms with van der Waals surface area (Å²) >= 11 is 6.62. The maximum absolute atomic E-state index is 12.0. The van der Waals surface area contributed by atoms with Gasteiger partial charge in [-0.15, -0.1) is 18.3 Å². The van der Waals surface area contributed by atoms with E-state index >= 15 is 0 Å². The molecule has 0 unspecified atom stereocenters. The second kappa shape index (κ2) is 42.2. The summed E-state index contributed by atoms with van der Waals surface area (Å²) in [6.07, 6.45) is 9.88.